The lowest BCUT2D eigenvalue weighted by atomic mass is 10.0. The summed E-state index contributed by atoms with van der Waals surface area (Å²) in [7, 11) is 0. The summed E-state index contributed by atoms with van der Waals surface area (Å²) in [5.41, 5.74) is 12.4. The molecule has 6 N–H and O–H groups in total. The van der Waals surface area contributed by atoms with Crippen molar-refractivity contribution in [1.82, 2.24) is 20.4 Å². The molecule has 0 spiro atoms. The van der Waals surface area contributed by atoms with Gasteiger partial charge in [-0.25, -0.2) is 9.18 Å². The van der Waals surface area contributed by atoms with Crippen molar-refractivity contribution in [2.45, 2.75) is 64.6 Å². The Morgan fingerprint density at radius 1 is 1.02 bits per heavy atom. The zero-order valence-electron chi connectivity index (χ0n) is 24.4. The van der Waals surface area contributed by atoms with Crippen LogP contribution in [-0.2, 0) is 4.74 Å². The number of anilines is 2. The first-order chi connectivity index (χ1) is 19.4. The van der Waals surface area contributed by atoms with Gasteiger partial charge in [-0.1, -0.05) is 6.92 Å². The molecule has 3 amide bonds. The first kappa shape index (κ1) is 31.7. The lowest BCUT2D eigenvalue weighted by molar-refractivity contribution is 0.0141. The van der Waals surface area contributed by atoms with Crippen molar-refractivity contribution in [2.75, 3.05) is 44.2 Å². The van der Waals surface area contributed by atoms with Gasteiger partial charge in [-0.2, -0.15) is 0 Å². The monoisotopic (exact) mass is 570 g/mol. The number of nitrogen functional groups attached to an aromatic ring is 2. The van der Waals surface area contributed by atoms with E-state index in [4.69, 9.17) is 16.2 Å². The summed E-state index contributed by atoms with van der Waals surface area (Å²) in [6.45, 7) is 10.5. The molecule has 2 aliphatic heterocycles. The normalized spacial score (nSPS) is 17.7. The summed E-state index contributed by atoms with van der Waals surface area (Å²) in [5, 5.41) is 6.25. The number of nitrogens with one attached hydrogen (secondary N) is 2. The number of hydrogen-bond donors (Lipinski definition) is 4. The molecule has 10 nitrogen and oxygen atoms in total. The molecule has 2 aliphatic rings. The van der Waals surface area contributed by atoms with Crippen LogP contribution < -0.4 is 22.1 Å². The minimum atomic E-state index is -0.541. The van der Waals surface area contributed by atoms with E-state index in [2.05, 4.69) is 10.6 Å². The first-order valence-electron chi connectivity index (χ1n) is 14.1. The summed E-state index contributed by atoms with van der Waals surface area (Å²) >= 11 is 0. The van der Waals surface area contributed by atoms with Gasteiger partial charge < -0.3 is 36.6 Å². The zero-order chi connectivity index (χ0) is 30.2. The molecule has 0 bridgehead atoms. The highest BCUT2D eigenvalue weighted by molar-refractivity contribution is 5.95. The predicted molar refractivity (Wildman–Crippen MR) is 158 cm³/mol. The number of rotatable bonds is 5. The van der Waals surface area contributed by atoms with Crippen LogP contribution in [0, 0.1) is 5.82 Å². The van der Waals surface area contributed by atoms with Crippen molar-refractivity contribution in [3.63, 3.8) is 0 Å². The van der Waals surface area contributed by atoms with E-state index in [1.807, 2.05) is 27.7 Å². The van der Waals surface area contributed by atoms with Gasteiger partial charge in [0.1, 0.15) is 11.4 Å². The number of nitrogens with two attached hydrogens (primary N) is 2. The van der Waals surface area contributed by atoms with Crippen molar-refractivity contribution in [3.8, 4) is 0 Å². The van der Waals surface area contributed by atoms with Gasteiger partial charge in [-0.15, -0.1) is 0 Å². The Morgan fingerprint density at radius 2 is 1.63 bits per heavy atom. The van der Waals surface area contributed by atoms with E-state index < -0.39 is 17.3 Å². The number of halogens is 1. The fraction of sp³-hybridized carbons (Fsp3) is 0.500. The highest BCUT2D eigenvalue weighted by Crippen LogP contribution is 2.16. The molecule has 0 saturated carbocycles. The van der Waals surface area contributed by atoms with Crippen LogP contribution >= 0.6 is 0 Å². The number of benzene rings is 2. The molecule has 2 fully saturated rings. The van der Waals surface area contributed by atoms with E-state index in [0.29, 0.717) is 43.1 Å². The number of carbonyl (C=O) groups is 3. The zero-order valence-corrected chi connectivity index (χ0v) is 24.4. The molecule has 2 aromatic carbocycles. The summed E-state index contributed by atoms with van der Waals surface area (Å²) in [4.78, 5) is 39.8. The van der Waals surface area contributed by atoms with Gasteiger partial charge in [0.05, 0.1) is 5.56 Å². The van der Waals surface area contributed by atoms with Gasteiger partial charge in [-0.05, 0) is 89.0 Å². The SMILES string of the molecule is CC(C)(C)OC(=O)N1CCN(C(=O)c2ccc(N)cc2)CC1.CCC(NC(=O)c1cc(N)ccc1F)C1CCCN1. The summed E-state index contributed by atoms with van der Waals surface area (Å²) < 4.78 is 19.0. The van der Waals surface area contributed by atoms with E-state index in [9.17, 15) is 18.8 Å². The fourth-order valence-corrected chi connectivity index (χ4v) is 4.73. The summed E-state index contributed by atoms with van der Waals surface area (Å²) in [6.07, 6.45) is 2.64. The minimum Gasteiger partial charge on any atom is -0.444 e. The van der Waals surface area contributed by atoms with Crippen molar-refractivity contribution >= 4 is 29.3 Å². The van der Waals surface area contributed by atoms with Crippen molar-refractivity contribution in [2.24, 2.45) is 0 Å². The Morgan fingerprint density at radius 3 is 2.20 bits per heavy atom. The van der Waals surface area contributed by atoms with Crippen LogP contribution in [-0.4, -0.2) is 78.1 Å². The van der Waals surface area contributed by atoms with Crippen molar-refractivity contribution in [1.29, 1.82) is 0 Å². The predicted octanol–water partition coefficient (Wildman–Crippen LogP) is 3.63. The van der Waals surface area contributed by atoms with Gasteiger partial charge in [0.25, 0.3) is 11.8 Å². The Bertz CT molecular complexity index is 1190. The molecule has 2 unspecified atom stereocenters. The molecule has 4 rings (SSSR count). The Hall–Kier alpha value is -3.86. The number of nitrogens with zero attached hydrogens (tertiary/aromatic N) is 2. The van der Waals surface area contributed by atoms with Crippen LogP contribution in [0.3, 0.4) is 0 Å². The van der Waals surface area contributed by atoms with Gasteiger partial charge >= 0.3 is 6.09 Å². The first-order valence-corrected chi connectivity index (χ1v) is 14.1. The van der Waals surface area contributed by atoms with Crippen LogP contribution in [0.2, 0.25) is 0 Å². The molecule has 2 saturated heterocycles. The molecule has 0 aliphatic carbocycles. The smallest absolute Gasteiger partial charge is 0.410 e. The largest absolute Gasteiger partial charge is 0.444 e. The molecule has 2 aromatic rings. The number of hydrogen-bond acceptors (Lipinski definition) is 7. The number of amides is 3. The molecule has 0 aromatic heterocycles. The molecular weight excluding hydrogens is 527 g/mol. The number of carbonyl (C=O) groups excluding carboxylic acids is 3. The van der Waals surface area contributed by atoms with E-state index in [1.165, 1.54) is 18.2 Å². The van der Waals surface area contributed by atoms with Gasteiger partial charge in [-0.3, -0.25) is 9.59 Å². The summed E-state index contributed by atoms with van der Waals surface area (Å²) in [5.74, 6) is -0.977. The number of ether oxygens (including phenoxy) is 1. The highest BCUT2D eigenvalue weighted by Gasteiger charge is 2.28. The third-order valence-corrected chi connectivity index (χ3v) is 6.95. The molecule has 224 valence electrons. The second-order valence-corrected chi connectivity index (χ2v) is 11.3. The topological polar surface area (TPSA) is 143 Å². The van der Waals surface area contributed by atoms with Crippen molar-refractivity contribution < 1.29 is 23.5 Å². The maximum absolute atomic E-state index is 13.6. The maximum Gasteiger partial charge on any atom is 0.410 e. The Balaban J connectivity index is 0.000000228. The van der Waals surface area contributed by atoms with Crippen LogP contribution in [0.15, 0.2) is 42.5 Å². The molecule has 2 heterocycles. The average molecular weight is 571 g/mol. The fourth-order valence-electron chi connectivity index (χ4n) is 4.73. The van der Waals surface area contributed by atoms with Crippen LogP contribution in [0.1, 0.15) is 67.7 Å². The van der Waals surface area contributed by atoms with Gasteiger partial charge in [0, 0.05) is 55.2 Å². The third-order valence-electron chi connectivity index (χ3n) is 6.95. The molecular formula is C30H43FN6O4. The van der Waals surface area contributed by atoms with Crippen LogP contribution in [0.5, 0.6) is 0 Å². The van der Waals surface area contributed by atoms with E-state index in [0.717, 1.165) is 25.8 Å². The van der Waals surface area contributed by atoms with Crippen LogP contribution in [0.25, 0.3) is 0 Å². The van der Waals surface area contributed by atoms with E-state index in [1.54, 1.807) is 34.1 Å². The quantitative estimate of drug-likeness (QED) is 0.402. The lowest BCUT2D eigenvalue weighted by Gasteiger charge is -2.35. The minimum absolute atomic E-state index is 0.0106. The Kier molecular flexibility index (Phi) is 10.9. The molecule has 2 atom stereocenters. The van der Waals surface area contributed by atoms with Crippen molar-refractivity contribution in [3.05, 3.63) is 59.4 Å². The maximum atomic E-state index is 13.6. The van der Waals surface area contributed by atoms with E-state index >= 15 is 0 Å². The van der Waals surface area contributed by atoms with Gasteiger partial charge in [0.15, 0.2) is 0 Å². The second-order valence-electron chi connectivity index (χ2n) is 11.3. The standard InChI is InChI=1S/C16H23N3O3.C14H20FN3O/c1-16(2,3)22-15(21)19-10-8-18(9-11-19)14(20)12-4-6-13(17)7-5-12;1-2-12(13-4-3-7-17-13)18-14(19)10-8-9(16)5-6-11(10)15/h4-7H,8-11,17H2,1-3H3;5-6,8,12-13,17H,2-4,7,16H2,1H3,(H,18,19). The second kappa shape index (κ2) is 14.2. The lowest BCUT2D eigenvalue weighted by Crippen LogP contribution is -2.51. The van der Waals surface area contributed by atoms with E-state index in [-0.39, 0.29) is 29.6 Å². The average Bonchev–Trinajstić information content (AvgIpc) is 3.47. The van der Waals surface area contributed by atoms with Crippen LogP contribution in [0.4, 0.5) is 20.6 Å². The highest BCUT2D eigenvalue weighted by atomic mass is 19.1. The van der Waals surface area contributed by atoms with Gasteiger partial charge in [0.2, 0.25) is 0 Å². The molecule has 11 heteroatoms. The number of piperazine rings is 1. The summed E-state index contributed by atoms with van der Waals surface area (Å²) in [6, 6.07) is 11.2. The molecule has 0 radical (unpaired) electrons. The molecule has 41 heavy (non-hydrogen) atoms. The Labute approximate surface area is 241 Å². The third kappa shape index (κ3) is 9.34.